The van der Waals surface area contributed by atoms with E-state index in [0.717, 1.165) is 11.6 Å². The minimum Gasteiger partial charge on any atom is -0.545 e. The second kappa shape index (κ2) is 6.05. The average molecular weight is 273 g/mol. The minimum atomic E-state index is -1.40. The molecule has 2 rings (SSSR count). The first kappa shape index (κ1) is 13.9. The molecule has 2 aromatic carbocycles. The van der Waals surface area contributed by atoms with Gasteiger partial charge in [0, 0.05) is 17.8 Å². The van der Waals surface area contributed by atoms with E-state index in [1.165, 1.54) is 12.1 Å². The van der Waals surface area contributed by atoms with E-state index in [1.54, 1.807) is 0 Å². The molecule has 0 heterocycles. The molecule has 104 valence electrons. The molecule has 6 heteroatoms. The maximum Gasteiger partial charge on any atom is 0.0950 e. The van der Waals surface area contributed by atoms with Crippen LogP contribution in [0.25, 0.3) is 0 Å². The summed E-state index contributed by atoms with van der Waals surface area (Å²) in [5.74, 6) is -1.40. The largest absolute Gasteiger partial charge is 0.545 e. The summed E-state index contributed by atoms with van der Waals surface area (Å²) in [4.78, 5) is 11.1. The van der Waals surface area contributed by atoms with Crippen molar-refractivity contribution >= 4 is 17.3 Å². The molecule has 0 aromatic heterocycles. The summed E-state index contributed by atoms with van der Waals surface area (Å²) in [5.41, 5.74) is 1.13. The predicted molar refractivity (Wildman–Crippen MR) is 70.6 cm³/mol. The number of carboxylic acid groups (broad SMARTS) is 1. The molecule has 0 spiro atoms. The fourth-order valence-electron chi connectivity index (χ4n) is 1.77. The lowest BCUT2D eigenvalue weighted by atomic mass is 10.1. The van der Waals surface area contributed by atoms with Crippen molar-refractivity contribution in [1.82, 2.24) is 0 Å². The van der Waals surface area contributed by atoms with Crippen LogP contribution in [0.5, 0.6) is 0 Å². The molecule has 20 heavy (non-hydrogen) atoms. The number of hydrogen-bond acceptors (Lipinski definition) is 6. The normalized spacial score (nSPS) is 10.1. The van der Waals surface area contributed by atoms with Crippen LogP contribution in [0.15, 0.2) is 48.5 Å². The van der Waals surface area contributed by atoms with Gasteiger partial charge >= 0.3 is 0 Å². The van der Waals surface area contributed by atoms with E-state index in [-0.39, 0.29) is 16.5 Å². The first-order valence-electron chi connectivity index (χ1n) is 5.89. The molecule has 2 aromatic rings. The summed E-state index contributed by atoms with van der Waals surface area (Å²) < 4.78 is 0. The summed E-state index contributed by atoms with van der Waals surface area (Å²) in [6.45, 7) is 0.447. The van der Waals surface area contributed by atoms with E-state index < -0.39 is 5.97 Å². The van der Waals surface area contributed by atoms with Gasteiger partial charge in [0.15, 0.2) is 0 Å². The highest BCUT2D eigenvalue weighted by Crippen LogP contribution is 2.22. The minimum absolute atomic E-state index is 0.0607. The van der Waals surface area contributed by atoms with Gasteiger partial charge in [-0.2, -0.15) is 0 Å². The highest BCUT2D eigenvalue weighted by Gasteiger charge is 2.07. The molecule has 0 fully saturated rings. The van der Waals surface area contributed by atoms with Crippen LogP contribution in [-0.4, -0.2) is 16.4 Å². The number of nitrogens with zero attached hydrogens (tertiary/aromatic N) is 1. The van der Waals surface area contributed by atoms with Crippen molar-refractivity contribution < 1.29 is 20.3 Å². The van der Waals surface area contributed by atoms with Crippen LogP contribution in [0.2, 0.25) is 0 Å². The fourth-order valence-corrected chi connectivity index (χ4v) is 1.77. The molecule has 0 unspecified atom stereocenters. The molecule has 3 N–H and O–H groups in total. The van der Waals surface area contributed by atoms with E-state index in [4.69, 9.17) is 10.4 Å². The Bertz CT molecular complexity index is 599. The van der Waals surface area contributed by atoms with Crippen molar-refractivity contribution in [3.8, 4) is 0 Å². The first-order chi connectivity index (χ1) is 9.58. The fraction of sp³-hybridized carbons (Fsp3) is 0.0714. The molecule has 0 amide bonds. The summed E-state index contributed by atoms with van der Waals surface area (Å²) >= 11 is 0. The quantitative estimate of drug-likeness (QED) is 0.709. The van der Waals surface area contributed by atoms with Gasteiger partial charge in [0.05, 0.1) is 11.7 Å². The second-order valence-corrected chi connectivity index (χ2v) is 4.15. The van der Waals surface area contributed by atoms with Crippen LogP contribution >= 0.6 is 0 Å². The number of carboxylic acids is 1. The van der Waals surface area contributed by atoms with Gasteiger partial charge in [0.1, 0.15) is 0 Å². The third-order valence-electron chi connectivity index (χ3n) is 2.78. The summed E-state index contributed by atoms with van der Waals surface area (Å²) in [6.07, 6.45) is 0. The van der Waals surface area contributed by atoms with Crippen molar-refractivity contribution in [3.05, 3.63) is 59.7 Å². The molecule has 0 bridgehead atoms. The number of benzene rings is 2. The Morgan fingerprint density at radius 3 is 2.45 bits per heavy atom. The Labute approximate surface area is 115 Å². The molecule has 0 saturated heterocycles. The van der Waals surface area contributed by atoms with Crippen LogP contribution in [0, 0.1) is 0 Å². The zero-order chi connectivity index (χ0) is 14.5. The van der Waals surface area contributed by atoms with Gasteiger partial charge in [0.2, 0.25) is 0 Å². The van der Waals surface area contributed by atoms with Gasteiger partial charge in [-0.05, 0) is 23.8 Å². The number of nitrogens with one attached hydrogen (secondary N) is 1. The molecule has 0 aliphatic rings. The van der Waals surface area contributed by atoms with Crippen molar-refractivity contribution in [3.63, 3.8) is 0 Å². The van der Waals surface area contributed by atoms with Crippen molar-refractivity contribution in [1.29, 1.82) is 0 Å². The molecular formula is C14H13N2O4-. The lowest BCUT2D eigenvalue weighted by Gasteiger charge is -2.16. The van der Waals surface area contributed by atoms with Crippen LogP contribution in [0.4, 0.5) is 11.4 Å². The third-order valence-corrected chi connectivity index (χ3v) is 2.78. The number of carbonyl (C=O) groups is 1. The second-order valence-electron chi connectivity index (χ2n) is 4.15. The lowest BCUT2D eigenvalue weighted by molar-refractivity contribution is -0.254. The lowest BCUT2D eigenvalue weighted by Crippen LogP contribution is -2.24. The van der Waals surface area contributed by atoms with Gasteiger partial charge in [-0.25, -0.2) is 0 Å². The topological polar surface area (TPSA) is 95.9 Å². The molecule has 6 nitrogen and oxygen atoms in total. The smallest absolute Gasteiger partial charge is 0.0950 e. The van der Waals surface area contributed by atoms with Crippen molar-refractivity contribution in [2.24, 2.45) is 0 Å². The first-order valence-corrected chi connectivity index (χ1v) is 5.89. The Kier molecular flexibility index (Phi) is 4.19. The van der Waals surface area contributed by atoms with Gasteiger partial charge in [-0.1, -0.05) is 30.3 Å². The third kappa shape index (κ3) is 3.25. The Balaban J connectivity index is 2.21. The Hall–Kier alpha value is -2.57. The SMILES string of the molecule is O=C([O-])c1cc(N(O)O)ccc1NCc1ccccc1. The summed E-state index contributed by atoms with van der Waals surface area (Å²) in [6, 6.07) is 13.4. The highest BCUT2D eigenvalue weighted by molar-refractivity contribution is 5.94. The van der Waals surface area contributed by atoms with E-state index in [1.807, 2.05) is 30.3 Å². The van der Waals surface area contributed by atoms with E-state index in [9.17, 15) is 9.90 Å². The Morgan fingerprint density at radius 2 is 1.85 bits per heavy atom. The molecule has 0 saturated carbocycles. The molecule has 0 aliphatic carbocycles. The number of aromatic carboxylic acids is 1. The average Bonchev–Trinajstić information content (AvgIpc) is 2.45. The molecule has 0 radical (unpaired) electrons. The van der Waals surface area contributed by atoms with Crippen LogP contribution < -0.4 is 15.6 Å². The zero-order valence-corrected chi connectivity index (χ0v) is 10.5. The number of hydrogen-bond donors (Lipinski definition) is 3. The predicted octanol–water partition coefficient (Wildman–Crippen LogP) is 1.25. The van der Waals surface area contributed by atoms with Crippen molar-refractivity contribution in [2.45, 2.75) is 6.54 Å². The van der Waals surface area contributed by atoms with Gasteiger partial charge < -0.3 is 15.2 Å². The van der Waals surface area contributed by atoms with E-state index in [2.05, 4.69) is 5.32 Å². The number of rotatable bonds is 5. The number of anilines is 2. The standard InChI is InChI=1S/C14H14N2O4/c17-14(18)12-8-11(16(19)20)6-7-13(12)15-9-10-4-2-1-3-5-10/h1-8,15,19-20H,9H2,(H,17,18)/p-1. The maximum atomic E-state index is 11.1. The van der Waals surface area contributed by atoms with Crippen LogP contribution in [0.3, 0.4) is 0 Å². The van der Waals surface area contributed by atoms with Crippen molar-refractivity contribution in [2.75, 3.05) is 10.5 Å². The van der Waals surface area contributed by atoms with E-state index >= 15 is 0 Å². The van der Waals surface area contributed by atoms with Crippen LogP contribution in [-0.2, 0) is 6.54 Å². The summed E-state index contributed by atoms with van der Waals surface area (Å²) in [5, 5.41) is 31.7. The molecule has 0 aliphatic heterocycles. The molecular weight excluding hydrogens is 260 g/mol. The van der Waals surface area contributed by atoms with Gasteiger partial charge in [-0.3, -0.25) is 10.4 Å². The van der Waals surface area contributed by atoms with Gasteiger partial charge in [0.25, 0.3) is 0 Å². The monoisotopic (exact) mass is 273 g/mol. The highest BCUT2D eigenvalue weighted by atomic mass is 16.8. The maximum absolute atomic E-state index is 11.1. The van der Waals surface area contributed by atoms with E-state index in [0.29, 0.717) is 12.2 Å². The number of carbonyl (C=O) groups excluding carboxylic acids is 1. The summed E-state index contributed by atoms with van der Waals surface area (Å²) in [7, 11) is 0. The molecule has 0 atom stereocenters. The van der Waals surface area contributed by atoms with Crippen LogP contribution in [0.1, 0.15) is 15.9 Å². The van der Waals surface area contributed by atoms with Gasteiger partial charge in [-0.15, -0.1) is 5.23 Å². The Morgan fingerprint density at radius 1 is 1.15 bits per heavy atom. The zero-order valence-electron chi connectivity index (χ0n) is 10.5.